The van der Waals surface area contributed by atoms with Gasteiger partial charge in [0.25, 0.3) is 5.78 Å². The third-order valence-corrected chi connectivity index (χ3v) is 5.77. The van der Waals surface area contributed by atoms with Crippen LogP contribution in [0.15, 0.2) is 31.0 Å². The Hall–Kier alpha value is -3.23. The predicted molar refractivity (Wildman–Crippen MR) is 108 cm³/mol. The zero-order chi connectivity index (χ0) is 19.3. The molecule has 1 N–H and O–H groups in total. The molecule has 0 aromatic carbocycles. The molecule has 0 bridgehead atoms. The highest BCUT2D eigenvalue weighted by molar-refractivity contribution is 5.87. The van der Waals surface area contributed by atoms with Crippen LogP contribution in [0.5, 0.6) is 0 Å². The molecule has 4 aromatic rings. The summed E-state index contributed by atoms with van der Waals surface area (Å²) in [7, 11) is 2.13. The fourth-order valence-electron chi connectivity index (χ4n) is 4.19. The van der Waals surface area contributed by atoms with Crippen molar-refractivity contribution in [1.29, 1.82) is 0 Å². The summed E-state index contributed by atoms with van der Waals surface area (Å²) in [6.07, 6.45) is 6.19. The van der Waals surface area contributed by atoms with Crippen molar-refractivity contribution < 1.29 is 0 Å². The summed E-state index contributed by atoms with van der Waals surface area (Å²) in [5.41, 5.74) is 1.81. The van der Waals surface area contributed by atoms with Gasteiger partial charge < -0.3 is 14.8 Å². The van der Waals surface area contributed by atoms with Crippen LogP contribution in [0, 0.1) is 12.8 Å². The lowest BCUT2D eigenvalue weighted by Crippen LogP contribution is -2.51. The quantitative estimate of drug-likeness (QED) is 0.584. The Labute approximate surface area is 162 Å². The van der Waals surface area contributed by atoms with Gasteiger partial charge in [-0.2, -0.15) is 14.6 Å². The number of aromatic nitrogens is 7. The Morgan fingerprint density at radius 2 is 2.11 bits per heavy atom. The molecule has 0 amide bonds. The van der Waals surface area contributed by atoms with Gasteiger partial charge >= 0.3 is 0 Å². The van der Waals surface area contributed by atoms with E-state index in [1.54, 1.807) is 12.7 Å². The van der Waals surface area contributed by atoms with Crippen molar-refractivity contribution in [3.05, 3.63) is 36.7 Å². The van der Waals surface area contributed by atoms with E-state index in [1.807, 2.05) is 23.7 Å². The first-order chi connectivity index (χ1) is 13.6. The molecule has 9 nitrogen and oxygen atoms in total. The number of aromatic amines is 1. The maximum atomic E-state index is 4.58. The smallest absolute Gasteiger partial charge is 0.254 e. The minimum absolute atomic E-state index is 0.314. The van der Waals surface area contributed by atoms with Gasteiger partial charge in [0, 0.05) is 38.1 Å². The highest BCUT2D eigenvalue weighted by Crippen LogP contribution is 2.30. The van der Waals surface area contributed by atoms with Crippen molar-refractivity contribution in [2.75, 3.05) is 29.9 Å². The van der Waals surface area contributed by atoms with Crippen LogP contribution in [-0.2, 0) is 0 Å². The molecule has 0 radical (unpaired) electrons. The van der Waals surface area contributed by atoms with E-state index in [0.717, 1.165) is 47.9 Å². The number of fused-ring (bicyclic) bond motifs is 2. The molecular formula is C19H23N9. The topological polar surface area (TPSA) is 91.1 Å². The van der Waals surface area contributed by atoms with Crippen LogP contribution >= 0.6 is 0 Å². The lowest BCUT2D eigenvalue weighted by Gasteiger charge is -2.43. The molecule has 1 saturated heterocycles. The first-order valence-corrected chi connectivity index (χ1v) is 9.55. The third-order valence-electron chi connectivity index (χ3n) is 5.77. The minimum atomic E-state index is 0.314. The van der Waals surface area contributed by atoms with Crippen LogP contribution in [0.25, 0.3) is 16.8 Å². The van der Waals surface area contributed by atoms with Crippen molar-refractivity contribution in [3.63, 3.8) is 0 Å². The van der Waals surface area contributed by atoms with Crippen molar-refractivity contribution in [2.45, 2.75) is 26.3 Å². The summed E-state index contributed by atoms with van der Waals surface area (Å²) in [5.74, 6) is 3.18. The Balaban J connectivity index is 1.50. The molecule has 1 fully saturated rings. The number of nitrogens with zero attached hydrogens (tertiary/aromatic N) is 8. The van der Waals surface area contributed by atoms with Crippen molar-refractivity contribution in [1.82, 2.24) is 34.5 Å². The van der Waals surface area contributed by atoms with E-state index in [0.29, 0.717) is 17.7 Å². The number of hydrogen-bond acceptors (Lipinski definition) is 7. The zero-order valence-corrected chi connectivity index (χ0v) is 16.2. The van der Waals surface area contributed by atoms with E-state index >= 15 is 0 Å². The predicted octanol–water partition coefficient (Wildman–Crippen LogP) is 2.06. The lowest BCUT2D eigenvalue weighted by atomic mass is 9.92. The normalized spacial score (nSPS) is 20.2. The molecule has 9 heteroatoms. The molecule has 0 spiro atoms. The molecule has 4 aromatic heterocycles. The molecule has 2 atom stereocenters. The van der Waals surface area contributed by atoms with Crippen LogP contribution in [0.1, 0.15) is 19.0 Å². The van der Waals surface area contributed by atoms with E-state index in [4.69, 9.17) is 0 Å². The largest absolute Gasteiger partial charge is 0.354 e. The fraction of sp³-hybridized carbons (Fsp3) is 0.421. The Morgan fingerprint density at radius 1 is 1.21 bits per heavy atom. The Kier molecular flexibility index (Phi) is 3.88. The second-order valence-corrected chi connectivity index (χ2v) is 7.56. The van der Waals surface area contributed by atoms with E-state index in [-0.39, 0.29) is 0 Å². The van der Waals surface area contributed by atoms with E-state index in [9.17, 15) is 0 Å². The monoisotopic (exact) mass is 377 g/mol. The number of anilines is 2. The number of hydrogen-bond donors (Lipinski definition) is 1. The van der Waals surface area contributed by atoms with E-state index in [2.05, 4.69) is 59.9 Å². The number of H-pyrrole nitrogens is 1. The molecule has 5 rings (SSSR count). The van der Waals surface area contributed by atoms with Gasteiger partial charge in [-0.3, -0.25) is 0 Å². The van der Waals surface area contributed by atoms with Crippen LogP contribution in [0.2, 0.25) is 0 Å². The second-order valence-electron chi connectivity index (χ2n) is 7.56. The standard InChI is InChI=1S/C19H23N9/c1-12-5-7-27(16-8-13(2)25-19-23-11-24-28(16)19)9-15(12)26(3)18-14-4-6-20-17(14)21-10-22-18/h4,6,8,10-12,15H,5,7,9H2,1-3H3,(H,20,21,22)/t12-,15+/m1/s1. The Bertz CT molecular complexity index is 1130. The van der Waals surface area contributed by atoms with Crippen LogP contribution in [0.4, 0.5) is 11.6 Å². The van der Waals surface area contributed by atoms with Gasteiger partial charge in [-0.25, -0.2) is 15.0 Å². The summed E-state index contributed by atoms with van der Waals surface area (Å²) in [5, 5.41) is 5.43. The molecule has 144 valence electrons. The SMILES string of the molecule is Cc1cc(N2CC[C@@H](C)[C@@H](N(C)c3ncnc4[nH]ccc34)C2)n2ncnc2n1. The first kappa shape index (κ1) is 16.9. The van der Waals surface area contributed by atoms with Crippen molar-refractivity contribution in [3.8, 4) is 0 Å². The summed E-state index contributed by atoms with van der Waals surface area (Å²) < 4.78 is 1.83. The van der Waals surface area contributed by atoms with Gasteiger partial charge in [0.15, 0.2) is 0 Å². The molecule has 5 heterocycles. The summed E-state index contributed by atoms with van der Waals surface area (Å²) >= 11 is 0. The molecule has 1 aliphatic rings. The van der Waals surface area contributed by atoms with E-state index in [1.165, 1.54) is 0 Å². The second kappa shape index (κ2) is 6.43. The molecule has 0 aliphatic carbocycles. The van der Waals surface area contributed by atoms with Crippen LogP contribution in [0.3, 0.4) is 0 Å². The van der Waals surface area contributed by atoms with E-state index < -0.39 is 0 Å². The number of piperidine rings is 1. The average molecular weight is 377 g/mol. The van der Waals surface area contributed by atoms with Gasteiger partial charge in [0.05, 0.1) is 11.4 Å². The van der Waals surface area contributed by atoms with Crippen LogP contribution < -0.4 is 9.80 Å². The van der Waals surface area contributed by atoms with Crippen molar-refractivity contribution in [2.24, 2.45) is 5.92 Å². The number of aryl methyl sites for hydroxylation is 1. The first-order valence-electron chi connectivity index (χ1n) is 9.55. The fourth-order valence-corrected chi connectivity index (χ4v) is 4.19. The summed E-state index contributed by atoms with van der Waals surface area (Å²) in [4.78, 5) is 25.5. The molecule has 28 heavy (non-hydrogen) atoms. The van der Waals surface area contributed by atoms with Crippen LogP contribution in [-0.4, -0.2) is 60.7 Å². The van der Waals surface area contributed by atoms with Crippen molar-refractivity contribution >= 4 is 28.4 Å². The van der Waals surface area contributed by atoms with Gasteiger partial charge in [-0.1, -0.05) is 6.92 Å². The zero-order valence-electron chi connectivity index (χ0n) is 16.2. The molecular weight excluding hydrogens is 354 g/mol. The minimum Gasteiger partial charge on any atom is -0.354 e. The van der Waals surface area contributed by atoms with Gasteiger partial charge in [-0.15, -0.1) is 0 Å². The highest BCUT2D eigenvalue weighted by Gasteiger charge is 2.32. The lowest BCUT2D eigenvalue weighted by molar-refractivity contribution is 0.365. The average Bonchev–Trinajstić information content (AvgIpc) is 3.36. The van der Waals surface area contributed by atoms with Gasteiger partial charge in [-0.05, 0) is 25.3 Å². The third kappa shape index (κ3) is 2.65. The number of rotatable bonds is 3. The summed E-state index contributed by atoms with van der Waals surface area (Å²) in [6, 6.07) is 4.44. The summed E-state index contributed by atoms with van der Waals surface area (Å²) in [6.45, 7) is 6.17. The molecule has 1 aliphatic heterocycles. The maximum Gasteiger partial charge on any atom is 0.254 e. The highest BCUT2D eigenvalue weighted by atomic mass is 15.4. The van der Waals surface area contributed by atoms with Gasteiger partial charge in [0.1, 0.15) is 29.9 Å². The molecule has 0 unspecified atom stereocenters. The maximum absolute atomic E-state index is 4.58. The molecule has 0 saturated carbocycles. The number of nitrogens with one attached hydrogen (secondary N) is 1. The number of likely N-dealkylation sites (N-methyl/N-ethyl adjacent to an activating group) is 1. The van der Waals surface area contributed by atoms with Gasteiger partial charge in [0.2, 0.25) is 0 Å². The Morgan fingerprint density at radius 3 is 3.00 bits per heavy atom.